The molecule has 3 heterocycles. The summed E-state index contributed by atoms with van der Waals surface area (Å²) in [4.78, 5) is 21.5. The molecule has 168 valence electrons. The fraction of sp³-hybridized carbons (Fsp3) is 0.250. The van der Waals surface area contributed by atoms with Gasteiger partial charge >= 0.3 is 0 Å². The summed E-state index contributed by atoms with van der Waals surface area (Å²) >= 11 is 0. The van der Waals surface area contributed by atoms with Gasteiger partial charge in [-0.2, -0.15) is 0 Å². The van der Waals surface area contributed by atoms with Crippen molar-refractivity contribution in [2.45, 2.75) is 31.7 Å². The number of aromatic nitrogens is 5. The second-order valence-electron chi connectivity index (χ2n) is 8.02. The number of hydrogen-bond donors (Lipinski definition) is 3. The molecule has 0 atom stereocenters. The first-order valence-corrected chi connectivity index (χ1v) is 10.9. The zero-order chi connectivity index (χ0) is 22.8. The first-order chi connectivity index (χ1) is 16.1. The number of pyridine rings is 1. The number of halogens is 1. The van der Waals surface area contributed by atoms with Crippen LogP contribution in [0.1, 0.15) is 25.7 Å². The molecule has 3 aromatic heterocycles. The fourth-order valence-electron chi connectivity index (χ4n) is 4.08. The van der Waals surface area contributed by atoms with Crippen LogP contribution >= 0.6 is 0 Å². The van der Waals surface area contributed by atoms with Crippen molar-refractivity contribution >= 4 is 11.8 Å². The molecule has 0 aliphatic heterocycles. The largest absolute Gasteiger partial charge is 0.493 e. The maximum absolute atomic E-state index is 13.5. The number of nitrogen functional groups attached to an aromatic ring is 1. The summed E-state index contributed by atoms with van der Waals surface area (Å²) in [6.07, 6.45) is 8.04. The van der Waals surface area contributed by atoms with E-state index in [9.17, 15) is 4.39 Å². The highest BCUT2D eigenvalue weighted by atomic mass is 19.1. The summed E-state index contributed by atoms with van der Waals surface area (Å²) in [7, 11) is 1.54. The molecular weight excluding hydrogens is 421 g/mol. The summed E-state index contributed by atoms with van der Waals surface area (Å²) in [5.41, 5.74) is 9.37. The van der Waals surface area contributed by atoms with E-state index in [0.717, 1.165) is 24.0 Å². The van der Waals surface area contributed by atoms with Crippen LogP contribution in [0.4, 0.5) is 16.2 Å². The second kappa shape index (κ2) is 8.85. The Kier molecular flexibility index (Phi) is 5.60. The van der Waals surface area contributed by atoms with Gasteiger partial charge in [0.25, 0.3) is 0 Å². The molecule has 1 aliphatic carbocycles. The molecule has 33 heavy (non-hydrogen) atoms. The molecule has 0 spiro atoms. The van der Waals surface area contributed by atoms with Gasteiger partial charge in [0, 0.05) is 29.6 Å². The molecular formula is C24H24FN7O. The summed E-state index contributed by atoms with van der Waals surface area (Å²) < 4.78 is 18.8. The van der Waals surface area contributed by atoms with Crippen LogP contribution in [0.15, 0.2) is 48.8 Å². The number of rotatable bonds is 6. The van der Waals surface area contributed by atoms with E-state index in [1.807, 2.05) is 6.07 Å². The van der Waals surface area contributed by atoms with E-state index < -0.39 is 0 Å². The molecule has 1 aliphatic rings. The third kappa shape index (κ3) is 4.34. The highest BCUT2D eigenvalue weighted by molar-refractivity contribution is 5.80. The van der Waals surface area contributed by atoms with Crippen LogP contribution < -0.4 is 15.8 Å². The number of anilines is 2. The van der Waals surface area contributed by atoms with Crippen LogP contribution in [0.3, 0.4) is 0 Å². The van der Waals surface area contributed by atoms with Gasteiger partial charge in [-0.1, -0.05) is 12.8 Å². The molecule has 0 amide bonds. The van der Waals surface area contributed by atoms with Gasteiger partial charge in [0.2, 0.25) is 5.95 Å². The highest BCUT2D eigenvalue weighted by Crippen LogP contribution is 2.35. The number of imidazole rings is 1. The van der Waals surface area contributed by atoms with Crippen LogP contribution in [0.25, 0.3) is 34.0 Å². The first kappa shape index (κ1) is 20.9. The molecule has 0 radical (unpaired) electrons. The molecule has 4 N–H and O–H groups in total. The van der Waals surface area contributed by atoms with Crippen LogP contribution in [-0.2, 0) is 0 Å². The van der Waals surface area contributed by atoms with Crippen molar-refractivity contribution in [1.82, 2.24) is 24.9 Å². The average molecular weight is 446 g/mol. The maximum atomic E-state index is 13.5. The summed E-state index contributed by atoms with van der Waals surface area (Å²) in [5.74, 6) is 1.61. The normalized spacial score (nSPS) is 13.9. The van der Waals surface area contributed by atoms with Gasteiger partial charge in [0.1, 0.15) is 17.3 Å². The molecule has 1 fully saturated rings. The monoisotopic (exact) mass is 445 g/mol. The third-order valence-electron chi connectivity index (χ3n) is 5.80. The van der Waals surface area contributed by atoms with Gasteiger partial charge in [-0.05, 0) is 49.2 Å². The highest BCUT2D eigenvalue weighted by Gasteiger charge is 2.20. The predicted molar refractivity (Wildman–Crippen MR) is 125 cm³/mol. The minimum atomic E-state index is -0.309. The van der Waals surface area contributed by atoms with E-state index >= 15 is 0 Å². The smallest absolute Gasteiger partial charge is 0.223 e. The molecule has 0 unspecified atom stereocenters. The molecule has 8 nitrogen and oxygen atoms in total. The number of nitrogens with zero attached hydrogens (tertiary/aromatic N) is 4. The quantitative estimate of drug-likeness (QED) is 0.395. The number of ether oxygens (including phenoxy) is 1. The Hall–Kier alpha value is -4.01. The first-order valence-electron chi connectivity index (χ1n) is 10.9. The lowest BCUT2D eigenvalue weighted by molar-refractivity contribution is 0.415. The number of nitrogens with two attached hydrogens (primary N) is 1. The van der Waals surface area contributed by atoms with Gasteiger partial charge in [0.15, 0.2) is 11.6 Å². The lowest BCUT2D eigenvalue weighted by Gasteiger charge is -2.12. The third-order valence-corrected chi connectivity index (χ3v) is 5.80. The Morgan fingerprint density at radius 3 is 2.61 bits per heavy atom. The Morgan fingerprint density at radius 1 is 1.06 bits per heavy atom. The number of hydrogen-bond acceptors (Lipinski definition) is 7. The van der Waals surface area contributed by atoms with Crippen LogP contribution in [0.5, 0.6) is 5.75 Å². The van der Waals surface area contributed by atoms with Crippen molar-refractivity contribution in [3.63, 3.8) is 0 Å². The molecule has 1 aromatic carbocycles. The molecule has 0 bridgehead atoms. The summed E-state index contributed by atoms with van der Waals surface area (Å²) in [6, 6.07) is 10.2. The Morgan fingerprint density at radius 2 is 1.85 bits per heavy atom. The minimum absolute atomic E-state index is 0.297. The summed E-state index contributed by atoms with van der Waals surface area (Å²) in [5, 5.41) is 3.43. The number of benzene rings is 1. The van der Waals surface area contributed by atoms with Crippen LogP contribution in [0, 0.1) is 5.82 Å². The van der Waals surface area contributed by atoms with Crippen molar-refractivity contribution in [3.05, 3.63) is 54.6 Å². The Balaban J connectivity index is 1.60. The van der Waals surface area contributed by atoms with E-state index in [1.165, 1.54) is 25.0 Å². The standard InChI is InChI=1S/C24H24FN7O/c1-33-19-12-15(13-28-22(19)26)20-21(32-23(31-20)14-6-8-16(25)9-7-14)18-10-11-27-24(30-18)29-17-4-2-3-5-17/h6-13,17H,2-5H2,1H3,(H2,26,28)(H,31,32)(H,27,29,30). The molecule has 4 aromatic rings. The van der Waals surface area contributed by atoms with Crippen molar-refractivity contribution in [1.29, 1.82) is 0 Å². The predicted octanol–water partition coefficient (Wildman–Crippen LogP) is 4.68. The number of aromatic amines is 1. The van der Waals surface area contributed by atoms with Gasteiger partial charge in [0.05, 0.1) is 18.5 Å². The zero-order valence-electron chi connectivity index (χ0n) is 18.2. The van der Waals surface area contributed by atoms with Crippen LogP contribution in [0.2, 0.25) is 0 Å². The van der Waals surface area contributed by atoms with Gasteiger partial charge in [-0.15, -0.1) is 0 Å². The zero-order valence-corrected chi connectivity index (χ0v) is 18.2. The number of H-pyrrole nitrogens is 1. The maximum Gasteiger partial charge on any atom is 0.223 e. The van der Waals surface area contributed by atoms with E-state index in [1.54, 1.807) is 37.7 Å². The Bertz CT molecular complexity index is 1270. The van der Waals surface area contributed by atoms with Crippen LogP contribution in [-0.4, -0.2) is 38.1 Å². The average Bonchev–Trinajstić information content (AvgIpc) is 3.50. The van der Waals surface area contributed by atoms with E-state index in [-0.39, 0.29) is 5.82 Å². The van der Waals surface area contributed by atoms with E-state index in [0.29, 0.717) is 46.5 Å². The summed E-state index contributed by atoms with van der Waals surface area (Å²) in [6.45, 7) is 0. The lowest BCUT2D eigenvalue weighted by atomic mass is 10.1. The van der Waals surface area contributed by atoms with Crippen molar-refractivity contribution in [2.75, 3.05) is 18.2 Å². The minimum Gasteiger partial charge on any atom is -0.493 e. The van der Waals surface area contributed by atoms with E-state index in [4.69, 9.17) is 20.4 Å². The number of nitrogens with one attached hydrogen (secondary N) is 2. The van der Waals surface area contributed by atoms with Crippen molar-refractivity contribution in [3.8, 4) is 39.8 Å². The molecule has 0 saturated heterocycles. The SMILES string of the molecule is COc1cc(-c2[nH]c(-c3ccc(F)cc3)nc2-c2ccnc(NC3CCCC3)n2)cnc1N. The van der Waals surface area contributed by atoms with Gasteiger partial charge in [-0.25, -0.2) is 24.3 Å². The van der Waals surface area contributed by atoms with Gasteiger partial charge in [-0.3, -0.25) is 0 Å². The molecule has 5 rings (SSSR count). The van der Waals surface area contributed by atoms with Gasteiger partial charge < -0.3 is 20.8 Å². The van der Waals surface area contributed by atoms with Crippen molar-refractivity contribution < 1.29 is 9.13 Å². The molecule has 1 saturated carbocycles. The fourth-order valence-corrected chi connectivity index (χ4v) is 4.08. The second-order valence-corrected chi connectivity index (χ2v) is 8.02. The topological polar surface area (TPSA) is 115 Å². The van der Waals surface area contributed by atoms with Crippen molar-refractivity contribution in [2.24, 2.45) is 0 Å². The van der Waals surface area contributed by atoms with E-state index in [2.05, 4.69) is 20.3 Å². The molecule has 9 heteroatoms. The lowest BCUT2D eigenvalue weighted by Crippen LogP contribution is -2.16. The Labute approximate surface area is 190 Å². The number of methoxy groups -OCH3 is 1.